The molecule has 0 N–H and O–H groups in total. The standard InChI is InChI=1S/C21H29N5OS/c1-6-24(7-2)12-13-25(20(27)17-14-16(5)23-26(17)8-3)21-22-19-15(4)10-9-11-18(19)28-21/h9-11,14H,6-8,12-13H2,1-5H3. The van der Waals surface area contributed by atoms with Crippen molar-refractivity contribution >= 4 is 32.6 Å². The van der Waals surface area contributed by atoms with Gasteiger partial charge in [-0.05, 0) is 51.6 Å². The average molecular weight is 400 g/mol. The van der Waals surface area contributed by atoms with Gasteiger partial charge in [-0.3, -0.25) is 14.4 Å². The molecule has 1 aromatic carbocycles. The Morgan fingerprint density at radius 2 is 1.89 bits per heavy atom. The molecule has 0 spiro atoms. The minimum Gasteiger partial charge on any atom is -0.302 e. The normalized spacial score (nSPS) is 11.5. The Balaban J connectivity index is 2.00. The average Bonchev–Trinajstić information content (AvgIpc) is 3.29. The van der Waals surface area contributed by atoms with Gasteiger partial charge >= 0.3 is 0 Å². The number of likely N-dealkylation sites (N-methyl/N-ethyl adjacent to an activating group) is 1. The van der Waals surface area contributed by atoms with Gasteiger partial charge in [-0.15, -0.1) is 0 Å². The first-order chi connectivity index (χ1) is 13.5. The summed E-state index contributed by atoms with van der Waals surface area (Å²) in [6.07, 6.45) is 0. The van der Waals surface area contributed by atoms with Crippen LogP contribution in [0.3, 0.4) is 0 Å². The van der Waals surface area contributed by atoms with Gasteiger partial charge in [0.2, 0.25) is 0 Å². The van der Waals surface area contributed by atoms with Crippen LogP contribution in [-0.4, -0.2) is 51.8 Å². The van der Waals surface area contributed by atoms with Crippen molar-refractivity contribution in [1.82, 2.24) is 19.7 Å². The second-order valence-corrected chi connectivity index (χ2v) is 7.90. The highest BCUT2D eigenvalue weighted by atomic mass is 32.1. The van der Waals surface area contributed by atoms with E-state index < -0.39 is 0 Å². The molecule has 1 amide bonds. The summed E-state index contributed by atoms with van der Waals surface area (Å²) in [5.41, 5.74) is 3.58. The lowest BCUT2D eigenvalue weighted by atomic mass is 10.2. The molecule has 7 heteroatoms. The fourth-order valence-corrected chi connectivity index (χ4v) is 4.42. The molecule has 6 nitrogen and oxygen atoms in total. The summed E-state index contributed by atoms with van der Waals surface area (Å²) >= 11 is 1.58. The second-order valence-electron chi connectivity index (χ2n) is 6.89. The molecular weight excluding hydrogens is 370 g/mol. The van der Waals surface area contributed by atoms with Crippen molar-refractivity contribution in [2.24, 2.45) is 0 Å². The lowest BCUT2D eigenvalue weighted by molar-refractivity contribution is 0.0973. The second kappa shape index (κ2) is 8.84. The number of carbonyl (C=O) groups is 1. The summed E-state index contributed by atoms with van der Waals surface area (Å²) in [5, 5.41) is 5.21. The van der Waals surface area contributed by atoms with Crippen molar-refractivity contribution < 1.29 is 4.79 Å². The number of amides is 1. The number of thiazole rings is 1. The maximum Gasteiger partial charge on any atom is 0.278 e. The number of carbonyl (C=O) groups excluding carboxylic acids is 1. The number of para-hydroxylation sites is 1. The first-order valence-corrected chi connectivity index (χ1v) is 10.7. The van der Waals surface area contributed by atoms with Crippen LogP contribution >= 0.6 is 11.3 Å². The molecule has 0 atom stereocenters. The van der Waals surface area contributed by atoms with Crippen molar-refractivity contribution in [2.75, 3.05) is 31.1 Å². The Morgan fingerprint density at radius 3 is 2.54 bits per heavy atom. The number of nitrogens with zero attached hydrogens (tertiary/aromatic N) is 5. The van der Waals surface area contributed by atoms with E-state index in [1.165, 1.54) is 0 Å². The summed E-state index contributed by atoms with van der Waals surface area (Å²) in [7, 11) is 0. The van der Waals surface area contributed by atoms with Gasteiger partial charge in [-0.2, -0.15) is 5.10 Å². The molecule has 0 aliphatic rings. The molecule has 28 heavy (non-hydrogen) atoms. The molecule has 0 aliphatic heterocycles. The van der Waals surface area contributed by atoms with E-state index in [1.807, 2.05) is 30.9 Å². The summed E-state index contributed by atoms with van der Waals surface area (Å²) in [4.78, 5) is 22.5. The molecular formula is C21H29N5OS. The molecule has 2 aromatic heterocycles. The third-order valence-corrected chi connectivity index (χ3v) is 6.08. The van der Waals surface area contributed by atoms with E-state index in [9.17, 15) is 4.79 Å². The van der Waals surface area contributed by atoms with Crippen molar-refractivity contribution in [3.63, 3.8) is 0 Å². The van der Waals surface area contributed by atoms with Crippen molar-refractivity contribution in [3.8, 4) is 0 Å². The van der Waals surface area contributed by atoms with Crippen molar-refractivity contribution in [1.29, 1.82) is 0 Å². The van der Waals surface area contributed by atoms with Gasteiger partial charge in [0.1, 0.15) is 5.69 Å². The highest BCUT2D eigenvalue weighted by Crippen LogP contribution is 2.31. The smallest absolute Gasteiger partial charge is 0.278 e. The van der Waals surface area contributed by atoms with Gasteiger partial charge in [-0.25, -0.2) is 4.98 Å². The van der Waals surface area contributed by atoms with Crippen molar-refractivity contribution in [2.45, 2.75) is 41.2 Å². The Hall–Kier alpha value is -2.25. The van der Waals surface area contributed by atoms with E-state index in [0.29, 0.717) is 18.8 Å². The van der Waals surface area contributed by atoms with Crippen LogP contribution in [0, 0.1) is 13.8 Å². The van der Waals surface area contributed by atoms with Crippen LogP contribution in [0.2, 0.25) is 0 Å². The van der Waals surface area contributed by atoms with E-state index in [-0.39, 0.29) is 5.91 Å². The fourth-order valence-electron chi connectivity index (χ4n) is 3.35. The van der Waals surface area contributed by atoms with Gasteiger partial charge in [0.25, 0.3) is 5.91 Å². The SMILES string of the molecule is CCN(CC)CCN(C(=O)c1cc(C)nn1CC)c1nc2c(C)cccc2s1. The molecule has 0 fully saturated rings. The first kappa shape index (κ1) is 20.5. The van der Waals surface area contributed by atoms with E-state index in [2.05, 4.69) is 42.9 Å². The van der Waals surface area contributed by atoms with Crippen LogP contribution in [0.5, 0.6) is 0 Å². The predicted molar refractivity (Wildman–Crippen MR) is 116 cm³/mol. The third-order valence-electron chi connectivity index (χ3n) is 5.04. The maximum atomic E-state index is 13.5. The monoisotopic (exact) mass is 399 g/mol. The number of benzene rings is 1. The van der Waals surface area contributed by atoms with Crippen LogP contribution < -0.4 is 4.90 Å². The van der Waals surface area contributed by atoms with E-state index in [1.54, 1.807) is 16.0 Å². The number of fused-ring (bicyclic) bond motifs is 1. The van der Waals surface area contributed by atoms with Crippen LogP contribution in [-0.2, 0) is 6.54 Å². The van der Waals surface area contributed by atoms with Gasteiger partial charge in [0.15, 0.2) is 5.13 Å². The van der Waals surface area contributed by atoms with E-state index >= 15 is 0 Å². The number of aromatic nitrogens is 3. The Kier molecular flexibility index (Phi) is 6.46. The summed E-state index contributed by atoms with van der Waals surface area (Å²) in [5.74, 6) is -0.0358. The zero-order valence-corrected chi connectivity index (χ0v) is 18.2. The largest absolute Gasteiger partial charge is 0.302 e. The van der Waals surface area contributed by atoms with Crippen LogP contribution in [0.25, 0.3) is 10.2 Å². The van der Waals surface area contributed by atoms with E-state index in [4.69, 9.17) is 4.98 Å². The molecule has 2 heterocycles. The number of rotatable bonds is 8. The molecule has 0 saturated heterocycles. The predicted octanol–water partition coefficient (Wildman–Crippen LogP) is 4.12. The third kappa shape index (κ3) is 4.10. The van der Waals surface area contributed by atoms with Gasteiger partial charge in [0.05, 0.1) is 15.9 Å². The van der Waals surface area contributed by atoms with Gasteiger partial charge < -0.3 is 4.90 Å². The maximum absolute atomic E-state index is 13.5. The Labute approximate surface area is 170 Å². The summed E-state index contributed by atoms with van der Waals surface area (Å²) < 4.78 is 2.89. The van der Waals surface area contributed by atoms with Crippen LogP contribution in [0.1, 0.15) is 42.5 Å². The molecule has 3 rings (SSSR count). The van der Waals surface area contributed by atoms with Gasteiger partial charge in [-0.1, -0.05) is 37.3 Å². The molecule has 0 bridgehead atoms. The fraction of sp³-hybridized carbons (Fsp3) is 0.476. The molecule has 0 radical (unpaired) electrons. The lowest BCUT2D eigenvalue weighted by Crippen LogP contribution is -2.39. The highest BCUT2D eigenvalue weighted by Gasteiger charge is 2.25. The summed E-state index contributed by atoms with van der Waals surface area (Å²) in [6.45, 7) is 14.3. The summed E-state index contributed by atoms with van der Waals surface area (Å²) in [6, 6.07) is 8.03. The number of hydrogen-bond acceptors (Lipinski definition) is 5. The molecule has 3 aromatic rings. The van der Waals surface area contributed by atoms with Crippen LogP contribution in [0.15, 0.2) is 24.3 Å². The lowest BCUT2D eigenvalue weighted by Gasteiger charge is -2.24. The molecule has 0 aliphatic carbocycles. The highest BCUT2D eigenvalue weighted by molar-refractivity contribution is 7.22. The molecule has 150 valence electrons. The Bertz CT molecular complexity index is 957. The van der Waals surface area contributed by atoms with Crippen LogP contribution in [0.4, 0.5) is 5.13 Å². The zero-order valence-electron chi connectivity index (χ0n) is 17.4. The van der Waals surface area contributed by atoms with E-state index in [0.717, 1.165) is 46.2 Å². The number of hydrogen-bond donors (Lipinski definition) is 0. The quantitative estimate of drug-likeness (QED) is 0.572. The zero-order chi connectivity index (χ0) is 20.3. The Morgan fingerprint density at radius 1 is 1.14 bits per heavy atom. The molecule has 0 unspecified atom stereocenters. The minimum atomic E-state index is -0.0358. The van der Waals surface area contributed by atoms with Gasteiger partial charge in [0, 0.05) is 19.6 Å². The topological polar surface area (TPSA) is 54.3 Å². The molecule has 0 saturated carbocycles. The first-order valence-electron chi connectivity index (χ1n) is 9.93. The minimum absolute atomic E-state index is 0.0358. The van der Waals surface area contributed by atoms with Crippen molar-refractivity contribution in [3.05, 3.63) is 41.2 Å². The number of anilines is 1. The number of aryl methyl sites for hydroxylation is 3.